The summed E-state index contributed by atoms with van der Waals surface area (Å²) in [4.78, 5) is 17.8. The van der Waals surface area contributed by atoms with Gasteiger partial charge in [0.15, 0.2) is 5.82 Å². The summed E-state index contributed by atoms with van der Waals surface area (Å²) in [6.07, 6.45) is 1.28. The number of amides is 1. The van der Waals surface area contributed by atoms with Gasteiger partial charge in [0.2, 0.25) is 0 Å². The molecule has 2 rings (SSSR count). The first-order chi connectivity index (χ1) is 8.24. The molecule has 0 bridgehead atoms. The zero-order valence-corrected chi connectivity index (χ0v) is 11.5. The SMILES string of the molecule is Cc1noc(C2(N(C)C(=O)OC(C)(C)C)CC2)n1. The molecule has 0 unspecified atom stereocenters. The molecule has 1 fully saturated rings. The molecule has 1 saturated carbocycles. The van der Waals surface area contributed by atoms with Crippen LogP contribution in [-0.4, -0.2) is 33.8 Å². The fraction of sp³-hybridized carbons (Fsp3) is 0.750. The number of ether oxygens (including phenoxy) is 1. The van der Waals surface area contributed by atoms with Gasteiger partial charge in [-0.1, -0.05) is 5.16 Å². The van der Waals surface area contributed by atoms with Gasteiger partial charge in [0.25, 0.3) is 5.89 Å². The molecule has 0 spiro atoms. The number of aryl methyl sites for hydroxylation is 1. The maximum Gasteiger partial charge on any atom is 0.410 e. The van der Waals surface area contributed by atoms with Gasteiger partial charge in [-0.25, -0.2) is 4.79 Å². The van der Waals surface area contributed by atoms with Gasteiger partial charge in [-0.05, 0) is 40.5 Å². The third kappa shape index (κ3) is 2.32. The number of hydrogen-bond acceptors (Lipinski definition) is 5. The van der Waals surface area contributed by atoms with E-state index >= 15 is 0 Å². The molecule has 18 heavy (non-hydrogen) atoms. The van der Waals surface area contributed by atoms with Crippen molar-refractivity contribution in [3.8, 4) is 0 Å². The van der Waals surface area contributed by atoms with Gasteiger partial charge in [0, 0.05) is 7.05 Å². The maximum absolute atomic E-state index is 12.0. The van der Waals surface area contributed by atoms with Crippen molar-refractivity contribution in [2.24, 2.45) is 0 Å². The molecule has 1 aliphatic carbocycles. The predicted molar refractivity (Wildman–Crippen MR) is 63.9 cm³/mol. The van der Waals surface area contributed by atoms with Crippen molar-refractivity contribution in [2.45, 2.75) is 51.7 Å². The van der Waals surface area contributed by atoms with Gasteiger partial charge in [0.05, 0.1) is 0 Å². The third-order valence-corrected chi connectivity index (χ3v) is 2.96. The van der Waals surface area contributed by atoms with Crippen LogP contribution in [0, 0.1) is 6.92 Å². The quantitative estimate of drug-likeness (QED) is 0.808. The van der Waals surface area contributed by atoms with E-state index in [0.717, 1.165) is 12.8 Å². The first-order valence-corrected chi connectivity index (χ1v) is 6.02. The van der Waals surface area contributed by atoms with E-state index in [1.807, 2.05) is 20.8 Å². The van der Waals surface area contributed by atoms with E-state index in [1.165, 1.54) is 0 Å². The Morgan fingerprint density at radius 1 is 1.44 bits per heavy atom. The molecule has 1 heterocycles. The smallest absolute Gasteiger partial charge is 0.410 e. The number of carbonyl (C=O) groups excluding carboxylic acids is 1. The molecule has 6 nitrogen and oxygen atoms in total. The lowest BCUT2D eigenvalue weighted by molar-refractivity contribution is 0.0154. The average molecular weight is 253 g/mol. The zero-order valence-electron chi connectivity index (χ0n) is 11.5. The van der Waals surface area contributed by atoms with E-state index in [2.05, 4.69) is 10.1 Å². The molecule has 6 heteroatoms. The predicted octanol–water partition coefficient (Wildman–Crippen LogP) is 2.23. The van der Waals surface area contributed by atoms with Crippen LogP contribution in [0.25, 0.3) is 0 Å². The first kappa shape index (κ1) is 12.9. The molecule has 0 aromatic carbocycles. The van der Waals surface area contributed by atoms with Crippen LogP contribution in [0.5, 0.6) is 0 Å². The Labute approximate surface area is 106 Å². The number of rotatable bonds is 2. The minimum atomic E-state index is -0.508. The summed E-state index contributed by atoms with van der Waals surface area (Å²) < 4.78 is 10.5. The highest BCUT2D eigenvalue weighted by Crippen LogP contribution is 2.49. The van der Waals surface area contributed by atoms with Gasteiger partial charge in [-0.15, -0.1) is 0 Å². The van der Waals surface area contributed by atoms with E-state index in [1.54, 1.807) is 18.9 Å². The molecule has 1 amide bonds. The largest absolute Gasteiger partial charge is 0.444 e. The summed E-state index contributed by atoms with van der Waals surface area (Å²) in [5, 5.41) is 3.77. The van der Waals surface area contributed by atoms with Crippen LogP contribution in [0.2, 0.25) is 0 Å². The molecule has 0 saturated heterocycles. The molecular weight excluding hydrogens is 234 g/mol. The molecular formula is C12H19N3O3. The topological polar surface area (TPSA) is 68.5 Å². The third-order valence-electron chi connectivity index (χ3n) is 2.96. The fourth-order valence-electron chi connectivity index (χ4n) is 1.80. The van der Waals surface area contributed by atoms with Crippen LogP contribution in [0.3, 0.4) is 0 Å². The van der Waals surface area contributed by atoms with Crippen LogP contribution in [-0.2, 0) is 10.3 Å². The lowest BCUT2D eigenvalue weighted by Gasteiger charge is -2.28. The first-order valence-electron chi connectivity index (χ1n) is 6.02. The fourth-order valence-corrected chi connectivity index (χ4v) is 1.80. The van der Waals surface area contributed by atoms with Crippen LogP contribution < -0.4 is 0 Å². The Kier molecular flexibility index (Phi) is 2.83. The molecule has 100 valence electrons. The average Bonchev–Trinajstić information content (AvgIpc) is 2.93. The number of aromatic nitrogens is 2. The normalized spacial score (nSPS) is 17.4. The maximum atomic E-state index is 12.0. The van der Waals surface area contributed by atoms with Crippen molar-refractivity contribution < 1.29 is 14.1 Å². The van der Waals surface area contributed by atoms with Crippen LogP contribution in [0.15, 0.2) is 4.52 Å². The molecule has 1 aromatic heterocycles. The van der Waals surface area contributed by atoms with Crippen molar-refractivity contribution in [3.05, 3.63) is 11.7 Å². The number of hydrogen-bond donors (Lipinski definition) is 0. The van der Waals surface area contributed by atoms with E-state index in [4.69, 9.17) is 9.26 Å². The van der Waals surface area contributed by atoms with Crippen molar-refractivity contribution in [2.75, 3.05) is 7.05 Å². The van der Waals surface area contributed by atoms with Gasteiger partial charge in [-0.3, -0.25) is 4.90 Å². The summed E-state index contributed by atoms with van der Waals surface area (Å²) in [7, 11) is 1.71. The second-order valence-corrected chi connectivity index (χ2v) is 5.72. The molecule has 0 aliphatic heterocycles. The molecule has 0 N–H and O–H groups in total. The monoisotopic (exact) mass is 253 g/mol. The Balaban J connectivity index is 2.14. The van der Waals surface area contributed by atoms with Gasteiger partial charge in [-0.2, -0.15) is 4.98 Å². The Hall–Kier alpha value is -1.59. The van der Waals surface area contributed by atoms with Crippen molar-refractivity contribution >= 4 is 6.09 Å². The molecule has 1 aliphatic rings. The minimum absolute atomic E-state index is 0.365. The second-order valence-electron chi connectivity index (χ2n) is 5.72. The van der Waals surface area contributed by atoms with Crippen molar-refractivity contribution in [1.29, 1.82) is 0 Å². The van der Waals surface area contributed by atoms with Crippen molar-refractivity contribution in [3.63, 3.8) is 0 Å². The van der Waals surface area contributed by atoms with Crippen molar-refractivity contribution in [1.82, 2.24) is 15.0 Å². The second kappa shape index (κ2) is 3.96. The zero-order chi connectivity index (χ0) is 13.6. The van der Waals surface area contributed by atoms with E-state index < -0.39 is 11.1 Å². The highest BCUT2D eigenvalue weighted by Gasteiger charge is 2.55. The summed E-state index contributed by atoms with van der Waals surface area (Å²) in [5.74, 6) is 1.07. The Morgan fingerprint density at radius 2 is 2.06 bits per heavy atom. The molecule has 0 radical (unpaired) electrons. The summed E-state index contributed by atoms with van der Waals surface area (Å²) >= 11 is 0. The number of nitrogens with zero attached hydrogens (tertiary/aromatic N) is 3. The minimum Gasteiger partial charge on any atom is -0.444 e. The van der Waals surface area contributed by atoms with E-state index in [9.17, 15) is 4.79 Å². The van der Waals surface area contributed by atoms with Crippen LogP contribution in [0.4, 0.5) is 4.79 Å². The molecule has 0 atom stereocenters. The standard InChI is InChI=1S/C12H19N3O3/c1-8-13-9(18-14-8)12(6-7-12)15(5)10(16)17-11(2,3)4/h6-7H2,1-5H3. The van der Waals surface area contributed by atoms with Crippen LogP contribution in [0.1, 0.15) is 45.3 Å². The van der Waals surface area contributed by atoms with Gasteiger partial charge >= 0.3 is 6.09 Å². The lowest BCUT2D eigenvalue weighted by Crippen LogP contribution is -2.41. The van der Waals surface area contributed by atoms with E-state index in [-0.39, 0.29) is 6.09 Å². The molecule has 1 aromatic rings. The number of carbonyl (C=O) groups is 1. The van der Waals surface area contributed by atoms with Gasteiger partial charge < -0.3 is 9.26 Å². The summed E-state index contributed by atoms with van der Waals surface area (Å²) in [5.41, 5.74) is -0.976. The van der Waals surface area contributed by atoms with Crippen LogP contribution >= 0.6 is 0 Å². The summed E-state index contributed by atoms with van der Waals surface area (Å²) in [6.45, 7) is 7.29. The highest BCUT2D eigenvalue weighted by atomic mass is 16.6. The Bertz CT molecular complexity index is 457. The summed E-state index contributed by atoms with van der Waals surface area (Å²) in [6, 6.07) is 0. The van der Waals surface area contributed by atoms with E-state index in [0.29, 0.717) is 11.7 Å². The highest BCUT2D eigenvalue weighted by molar-refractivity contribution is 5.69. The lowest BCUT2D eigenvalue weighted by atomic mass is 10.2. The van der Waals surface area contributed by atoms with Gasteiger partial charge in [0.1, 0.15) is 11.1 Å². The Morgan fingerprint density at radius 3 is 2.44 bits per heavy atom.